The van der Waals surface area contributed by atoms with Crippen molar-refractivity contribution in [2.24, 2.45) is 5.73 Å². The van der Waals surface area contributed by atoms with E-state index in [4.69, 9.17) is 10.5 Å². The highest BCUT2D eigenvalue weighted by molar-refractivity contribution is 14.1. The first kappa shape index (κ1) is 17.5. The Morgan fingerprint density at radius 3 is 2.68 bits per heavy atom. The highest BCUT2D eigenvalue weighted by Crippen LogP contribution is 2.35. The van der Waals surface area contributed by atoms with Gasteiger partial charge in [-0.3, -0.25) is 19.3 Å². The fourth-order valence-electron chi connectivity index (χ4n) is 1.84. The van der Waals surface area contributed by atoms with E-state index in [1.807, 2.05) is 12.1 Å². The SMILES string of the molecule is COc1c(I)cc(I)cc1/C=C1\SC(=O)N(CC(N)=O)C1=O. The van der Waals surface area contributed by atoms with Gasteiger partial charge in [-0.2, -0.15) is 0 Å². The monoisotopic (exact) mass is 544 g/mol. The van der Waals surface area contributed by atoms with E-state index in [1.54, 1.807) is 13.2 Å². The van der Waals surface area contributed by atoms with Crippen LogP contribution in [0.4, 0.5) is 4.79 Å². The van der Waals surface area contributed by atoms with Crippen molar-refractivity contribution in [1.82, 2.24) is 4.90 Å². The number of hydrogen-bond donors (Lipinski definition) is 1. The number of primary amides is 1. The third kappa shape index (κ3) is 3.74. The van der Waals surface area contributed by atoms with Gasteiger partial charge >= 0.3 is 0 Å². The number of carbonyl (C=O) groups is 3. The quantitative estimate of drug-likeness (QED) is 0.465. The molecular formula is C13H10I2N2O4S. The summed E-state index contributed by atoms with van der Waals surface area (Å²) in [4.78, 5) is 36.0. The lowest BCUT2D eigenvalue weighted by Crippen LogP contribution is -2.36. The van der Waals surface area contributed by atoms with Gasteiger partial charge in [0.05, 0.1) is 15.6 Å². The number of hydrogen-bond acceptors (Lipinski definition) is 5. The molecule has 1 aliphatic rings. The van der Waals surface area contributed by atoms with Gasteiger partial charge in [0.1, 0.15) is 12.3 Å². The molecule has 0 radical (unpaired) electrons. The molecule has 1 aliphatic heterocycles. The summed E-state index contributed by atoms with van der Waals surface area (Å²) in [6.45, 7) is -0.414. The Labute approximate surface area is 158 Å². The molecule has 0 aliphatic carbocycles. The largest absolute Gasteiger partial charge is 0.495 e. The zero-order valence-corrected chi connectivity index (χ0v) is 16.4. The number of rotatable bonds is 4. The van der Waals surface area contributed by atoms with Gasteiger partial charge in [0, 0.05) is 9.13 Å². The number of amides is 3. The topological polar surface area (TPSA) is 89.7 Å². The average Bonchev–Trinajstić information content (AvgIpc) is 2.65. The van der Waals surface area contributed by atoms with Crippen LogP contribution in [-0.4, -0.2) is 35.6 Å². The Hall–Kier alpha value is -0.820. The lowest BCUT2D eigenvalue weighted by molar-refractivity contribution is -0.127. The number of benzene rings is 1. The number of ether oxygens (including phenoxy) is 1. The molecule has 2 rings (SSSR count). The number of imide groups is 1. The van der Waals surface area contributed by atoms with Crippen molar-refractivity contribution in [2.75, 3.05) is 13.7 Å². The van der Waals surface area contributed by atoms with Crippen LogP contribution in [-0.2, 0) is 9.59 Å². The molecule has 0 unspecified atom stereocenters. The van der Waals surface area contributed by atoms with Crippen LogP contribution in [0.2, 0.25) is 0 Å². The molecule has 0 atom stereocenters. The van der Waals surface area contributed by atoms with Crippen LogP contribution >= 0.6 is 56.9 Å². The molecular weight excluding hydrogens is 534 g/mol. The first-order chi connectivity index (χ1) is 10.3. The van der Waals surface area contributed by atoms with Crippen LogP contribution in [0.15, 0.2) is 17.0 Å². The van der Waals surface area contributed by atoms with E-state index in [-0.39, 0.29) is 4.91 Å². The maximum absolute atomic E-state index is 12.2. The molecule has 2 N–H and O–H groups in total. The summed E-state index contributed by atoms with van der Waals surface area (Å²) in [5.41, 5.74) is 5.74. The average molecular weight is 544 g/mol. The van der Waals surface area contributed by atoms with Gasteiger partial charge in [-0.1, -0.05) is 0 Å². The molecule has 9 heteroatoms. The second-order valence-corrected chi connectivity index (χ2v) is 7.65. The van der Waals surface area contributed by atoms with Crippen molar-refractivity contribution in [3.63, 3.8) is 0 Å². The van der Waals surface area contributed by atoms with Crippen LogP contribution in [0, 0.1) is 7.14 Å². The second-order valence-electron chi connectivity index (χ2n) is 4.24. The Balaban J connectivity index is 2.41. The summed E-state index contributed by atoms with van der Waals surface area (Å²) in [5.74, 6) is -0.627. The molecule has 0 spiro atoms. The minimum atomic E-state index is -0.732. The molecule has 1 fully saturated rings. The van der Waals surface area contributed by atoms with Crippen LogP contribution < -0.4 is 10.5 Å². The van der Waals surface area contributed by atoms with E-state index in [0.29, 0.717) is 11.3 Å². The van der Waals surface area contributed by atoms with E-state index >= 15 is 0 Å². The lowest BCUT2D eigenvalue weighted by Gasteiger charge is -2.10. The number of nitrogens with zero attached hydrogens (tertiary/aromatic N) is 1. The normalized spacial score (nSPS) is 16.5. The number of nitrogens with two attached hydrogens (primary N) is 1. The molecule has 0 bridgehead atoms. The number of methoxy groups -OCH3 is 1. The van der Waals surface area contributed by atoms with E-state index in [0.717, 1.165) is 23.8 Å². The van der Waals surface area contributed by atoms with Crippen LogP contribution in [0.3, 0.4) is 0 Å². The lowest BCUT2D eigenvalue weighted by atomic mass is 10.2. The van der Waals surface area contributed by atoms with Gasteiger partial charge in [0.2, 0.25) is 5.91 Å². The van der Waals surface area contributed by atoms with E-state index in [9.17, 15) is 14.4 Å². The smallest absolute Gasteiger partial charge is 0.294 e. The predicted octanol–water partition coefficient (Wildman–Crippen LogP) is 2.43. The number of thioether (sulfide) groups is 1. The predicted molar refractivity (Wildman–Crippen MR) is 100 cm³/mol. The summed E-state index contributed by atoms with van der Waals surface area (Å²) in [6, 6.07) is 3.79. The van der Waals surface area contributed by atoms with Gasteiger partial charge in [-0.15, -0.1) is 0 Å². The number of carbonyl (C=O) groups excluding carboxylic acids is 3. The summed E-state index contributed by atoms with van der Waals surface area (Å²) in [5, 5.41) is -0.505. The summed E-state index contributed by atoms with van der Waals surface area (Å²) >= 11 is 5.08. The highest BCUT2D eigenvalue weighted by Gasteiger charge is 2.36. The van der Waals surface area contributed by atoms with Crippen molar-refractivity contribution < 1.29 is 19.1 Å². The fraction of sp³-hybridized carbons (Fsp3) is 0.154. The van der Waals surface area contributed by atoms with E-state index in [2.05, 4.69) is 45.2 Å². The molecule has 1 aromatic rings. The van der Waals surface area contributed by atoms with Gasteiger partial charge in [-0.05, 0) is 75.2 Å². The Bertz CT molecular complexity index is 706. The number of halogens is 2. The highest BCUT2D eigenvalue weighted by atomic mass is 127. The summed E-state index contributed by atoms with van der Waals surface area (Å²) < 4.78 is 7.22. The van der Waals surface area contributed by atoms with Crippen LogP contribution in [0.5, 0.6) is 5.75 Å². The van der Waals surface area contributed by atoms with Crippen LogP contribution in [0.25, 0.3) is 6.08 Å². The van der Waals surface area contributed by atoms with Gasteiger partial charge in [-0.25, -0.2) is 0 Å². The molecule has 1 aromatic carbocycles. The molecule has 116 valence electrons. The minimum Gasteiger partial charge on any atom is -0.495 e. The van der Waals surface area contributed by atoms with Crippen molar-refractivity contribution in [1.29, 1.82) is 0 Å². The standard InChI is InChI=1S/C13H10I2N2O4S/c1-21-11-6(2-7(14)4-8(11)15)3-9-12(19)17(5-10(16)18)13(20)22-9/h2-4H,5H2,1H3,(H2,16,18)/b9-3-. The Kier molecular flexibility index (Phi) is 5.71. The first-order valence-electron chi connectivity index (χ1n) is 5.90. The van der Waals surface area contributed by atoms with Crippen molar-refractivity contribution in [3.8, 4) is 5.75 Å². The van der Waals surface area contributed by atoms with Gasteiger partial charge in [0.15, 0.2) is 0 Å². The third-order valence-corrected chi connectivity index (χ3v) is 5.05. The maximum atomic E-state index is 12.2. The van der Waals surface area contributed by atoms with Gasteiger partial charge in [0.25, 0.3) is 11.1 Å². The van der Waals surface area contributed by atoms with Crippen molar-refractivity contribution in [2.45, 2.75) is 0 Å². The molecule has 0 saturated carbocycles. The Morgan fingerprint density at radius 2 is 2.09 bits per heavy atom. The molecule has 0 aromatic heterocycles. The van der Waals surface area contributed by atoms with Gasteiger partial charge < -0.3 is 10.5 Å². The first-order valence-corrected chi connectivity index (χ1v) is 8.87. The Morgan fingerprint density at radius 1 is 1.41 bits per heavy atom. The van der Waals surface area contributed by atoms with Crippen molar-refractivity contribution in [3.05, 3.63) is 29.7 Å². The summed E-state index contributed by atoms with van der Waals surface area (Å²) in [6.07, 6.45) is 1.59. The zero-order valence-electron chi connectivity index (χ0n) is 11.3. The van der Waals surface area contributed by atoms with E-state index < -0.39 is 23.6 Å². The molecule has 6 nitrogen and oxygen atoms in total. The zero-order chi connectivity index (χ0) is 16.4. The minimum absolute atomic E-state index is 0.238. The molecule has 1 saturated heterocycles. The second kappa shape index (κ2) is 7.17. The summed E-state index contributed by atoms with van der Waals surface area (Å²) in [7, 11) is 1.54. The molecule has 1 heterocycles. The maximum Gasteiger partial charge on any atom is 0.294 e. The fourth-order valence-corrected chi connectivity index (χ4v) is 4.78. The van der Waals surface area contributed by atoms with E-state index in [1.165, 1.54) is 0 Å². The van der Waals surface area contributed by atoms with Crippen molar-refractivity contribution >= 4 is 80.1 Å². The molecule has 22 heavy (non-hydrogen) atoms. The third-order valence-electron chi connectivity index (χ3n) is 2.72. The van der Waals surface area contributed by atoms with Crippen LogP contribution in [0.1, 0.15) is 5.56 Å². The molecule has 3 amide bonds.